The Morgan fingerprint density at radius 2 is 1.68 bits per heavy atom. The standard InChI is InChI=1S/C9H12N2OS.C6H4/c1-6(13)11-8-5-3-4-7(10)9(8)12-2;1-2-6-4-3-5(1)6/h3-5H,10H2,1-2H3,(H,11,13);1-4H. The first-order valence-electron chi connectivity index (χ1n) is 5.92. The van der Waals surface area contributed by atoms with E-state index in [0.717, 1.165) is 5.69 Å². The molecule has 3 rings (SSSR count). The number of para-hydroxylation sites is 1. The molecule has 98 valence electrons. The molecule has 0 spiro atoms. The van der Waals surface area contributed by atoms with Crippen LogP contribution in [0.15, 0.2) is 42.5 Å². The predicted octanol–water partition coefficient (Wildman–Crippen LogP) is 3.70. The Labute approximate surface area is 118 Å². The highest BCUT2D eigenvalue weighted by molar-refractivity contribution is 7.80. The molecule has 0 aliphatic heterocycles. The zero-order valence-electron chi connectivity index (χ0n) is 10.9. The fourth-order valence-electron chi connectivity index (χ4n) is 1.73. The zero-order valence-corrected chi connectivity index (χ0v) is 11.8. The maximum atomic E-state index is 5.70. The van der Waals surface area contributed by atoms with Crippen LogP contribution in [0.5, 0.6) is 5.75 Å². The lowest BCUT2D eigenvalue weighted by molar-refractivity contribution is 0.419. The van der Waals surface area contributed by atoms with Gasteiger partial charge in [-0.1, -0.05) is 42.5 Å². The van der Waals surface area contributed by atoms with Gasteiger partial charge in [-0.2, -0.15) is 0 Å². The van der Waals surface area contributed by atoms with Crippen molar-refractivity contribution < 1.29 is 4.74 Å². The normalized spacial score (nSPS) is 10.0. The molecule has 0 fully saturated rings. The van der Waals surface area contributed by atoms with Gasteiger partial charge in [0.2, 0.25) is 0 Å². The summed E-state index contributed by atoms with van der Waals surface area (Å²) >= 11 is 4.92. The minimum Gasteiger partial charge on any atom is -0.492 e. The molecule has 4 heteroatoms. The number of fused-ring (bicyclic) bond motifs is 1. The second-order valence-electron chi connectivity index (χ2n) is 4.19. The van der Waals surface area contributed by atoms with E-state index in [1.54, 1.807) is 20.1 Å². The van der Waals surface area contributed by atoms with Crippen LogP contribution in [0.25, 0.3) is 11.1 Å². The molecule has 1 aromatic rings. The molecule has 2 aliphatic carbocycles. The third-order valence-corrected chi connectivity index (χ3v) is 2.88. The first-order valence-corrected chi connectivity index (χ1v) is 6.33. The van der Waals surface area contributed by atoms with Crippen LogP contribution < -0.4 is 15.8 Å². The number of benzene rings is 2. The van der Waals surface area contributed by atoms with E-state index >= 15 is 0 Å². The fourth-order valence-corrected chi connectivity index (χ4v) is 1.84. The molecule has 0 saturated carbocycles. The number of anilines is 2. The summed E-state index contributed by atoms with van der Waals surface area (Å²) in [6.07, 6.45) is 0. The number of nitrogens with two attached hydrogens (primary N) is 1. The van der Waals surface area contributed by atoms with E-state index in [4.69, 9.17) is 22.7 Å². The van der Waals surface area contributed by atoms with Gasteiger partial charge in [0, 0.05) is 0 Å². The lowest BCUT2D eigenvalue weighted by Crippen LogP contribution is -2.06. The van der Waals surface area contributed by atoms with Gasteiger partial charge in [0.25, 0.3) is 0 Å². The average Bonchev–Trinajstić information content (AvgIpc) is 2.34. The van der Waals surface area contributed by atoms with Crippen molar-refractivity contribution in [1.29, 1.82) is 0 Å². The molecule has 0 bridgehead atoms. The largest absolute Gasteiger partial charge is 0.492 e. The lowest BCUT2D eigenvalue weighted by atomic mass is 9.95. The molecule has 3 nitrogen and oxygen atoms in total. The highest BCUT2D eigenvalue weighted by Crippen LogP contribution is 2.30. The van der Waals surface area contributed by atoms with Crippen molar-refractivity contribution in [2.24, 2.45) is 0 Å². The molecule has 0 unspecified atom stereocenters. The molecular weight excluding hydrogens is 256 g/mol. The second kappa shape index (κ2) is 5.71. The molecular formula is C15H16N2OS. The zero-order chi connectivity index (χ0) is 13.8. The van der Waals surface area contributed by atoms with E-state index in [1.807, 2.05) is 12.1 Å². The van der Waals surface area contributed by atoms with E-state index in [9.17, 15) is 0 Å². The highest BCUT2D eigenvalue weighted by Gasteiger charge is 2.05. The number of hydrogen-bond donors (Lipinski definition) is 2. The number of hydrogen-bond acceptors (Lipinski definition) is 3. The molecule has 3 N–H and O–H groups in total. The van der Waals surface area contributed by atoms with Crippen LogP contribution in [-0.2, 0) is 0 Å². The van der Waals surface area contributed by atoms with Crippen LogP contribution in [0, 0.1) is 0 Å². The van der Waals surface area contributed by atoms with Gasteiger partial charge in [-0.25, -0.2) is 0 Å². The van der Waals surface area contributed by atoms with Crippen LogP contribution in [0.3, 0.4) is 0 Å². The summed E-state index contributed by atoms with van der Waals surface area (Å²) in [7, 11) is 1.58. The lowest BCUT2D eigenvalue weighted by Gasteiger charge is -2.11. The van der Waals surface area contributed by atoms with Crippen molar-refractivity contribution in [3.8, 4) is 16.9 Å². The summed E-state index contributed by atoms with van der Waals surface area (Å²) in [5.41, 5.74) is 9.95. The molecule has 2 aliphatic rings. The summed E-state index contributed by atoms with van der Waals surface area (Å²) < 4.78 is 5.13. The van der Waals surface area contributed by atoms with Gasteiger partial charge in [0.15, 0.2) is 5.75 Å². The Kier molecular flexibility index (Phi) is 4.02. The van der Waals surface area contributed by atoms with E-state index in [0.29, 0.717) is 16.4 Å². The Morgan fingerprint density at radius 1 is 1.11 bits per heavy atom. The number of ether oxygens (including phenoxy) is 1. The molecule has 1 aromatic carbocycles. The van der Waals surface area contributed by atoms with Gasteiger partial charge >= 0.3 is 0 Å². The molecule has 0 heterocycles. The quantitative estimate of drug-likeness (QED) is 0.551. The van der Waals surface area contributed by atoms with Crippen LogP contribution in [-0.4, -0.2) is 12.1 Å². The summed E-state index contributed by atoms with van der Waals surface area (Å²) in [4.78, 5) is 0.684. The molecule has 0 saturated heterocycles. The third-order valence-electron chi connectivity index (χ3n) is 2.78. The number of thiocarbonyl (C=S) groups is 1. The van der Waals surface area contributed by atoms with Crippen molar-refractivity contribution in [2.45, 2.75) is 6.92 Å². The maximum absolute atomic E-state index is 5.70. The highest BCUT2D eigenvalue weighted by atomic mass is 32.1. The first kappa shape index (κ1) is 13.4. The Morgan fingerprint density at radius 3 is 2.05 bits per heavy atom. The number of nitrogen functional groups attached to an aromatic ring is 1. The molecule has 0 radical (unpaired) electrons. The van der Waals surface area contributed by atoms with Gasteiger partial charge in [0.1, 0.15) is 0 Å². The summed E-state index contributed by atoms with van der Waals surface area (Å²) in [5.74, 6) is 0.631. The summed E-state index contributed by atoms with van der Waals surface area (Å²) in [6.45, 7) is 1.80. The van der Waals surface area contributed by atoms with Crippen molar-refractivity contribution >= 4 is 28.6 Å². The van der Waals surface area contributed by atoms with E-state index in [2.05, 4.69) is 29.6 Å². The third kappa shape index (κ3) is 3.03. The van der Waals surface area contributed by atoms with Crippen LogP contribution in [0.4, 0.5) is 11.4 Å². The van der Waals surface area contributed by atoms with Crippen molar-refractivity contribution in [3.63, 3.8) is 0 Å². The van der Waals surface area contributed by atoms with Crippen LogP contribution in [0.1, 0.15) is 6.92 Å². The van der Waals surface area contributed by atoms with E-state index < -0.39 is 0 Å². The van der Waals surface area contributed by atoms with E-state index in [1.165, 1.54) is 11.1 Å². The summed E-state index contributed by atoms with van der Waals surface area (Å²) in [5, 5.41) is 2.99. The number of methoxy groups -OCH3 is 1. The molecule has 0 amide bonds. The topological polar surface area (TPSA) is 47.3 Å². The maximum Gasteiger partial charge on any atom is 0.165 e. The minimum absolute atomic E-state index is 0.601. The van der Waals surface area contributed by atoms with E-state index in [-0.39, 0.29) is 0 Å². The Bertz CT molecular complexity index is 573. The van der Waals surface area contributed by atoms with Gasteiger partial charge < -0.3 is 15.8 Å². The fraction of sp³-hybridized carbons (Fsp3) is 0.133. The Balaban J connectivity index is 0.000000180. The number of rotatable bonds is 2. The first-order chi connectivity index (χ1) is 9.11. The second-order valence-corrected chi connectivity index (χ2v) is 4.80. The predicted molar refractivity (Wildman–Crippen MR) is 84.7 cm³/mol. The van der Waals surface area contributed by atoms with Gasteiger partial charge in [-0.05, 0) is 30.2 Å². The number of nitrogens with one attached hydrogen (secondary N) is 1. The van der Waals surface area contributed by atoms with Gasteiger partial charge in [0.05, 0.1) is 23.5 Å². The van der Waals surface area contributed by atoms with Crippen LogP contribution >= 0.6 is 12.2 Å². The molecule has 0 aromatic heterocycles. The average molecular weight is 272 g/mol. The monoisotopic (exact) mass is 272 g/mol. The minimum atomic E-state index is 0.601. The molecule has 0 atom stereocenters. The van der Waals surface area contributed by atoms with Crippen molar-refractivity contribution in [2.75, 3.05) is 18.2 Å². The van der Waals surface area contributed by atoms with Crippen LogP contribution in [0.2, 0.25) is 0 Å². The van der Waals surface area contributed by atoms with Crippen molar-refractivity contribution in [1.82, 2.24) is 0 Å². The Hall–Kier alpha value is -2.07. The smallest absolute Gasteiger partial charge is 0.165 e. The summed E-state index contributed by atoms with van der Waals surface area (Å²) in [6, 6.07) is 14.0. The van der Waals surface area contributed by atoms with Crippen molar-refractivity contribution in [3.05, 3.63) is 42.5 Å². The molecule has 19 heavy (non-hydrogen) atoms. The SMILES string of the molecule is COc1c(N)cccc1NC(C)=S.c1cc2ccc1-2. The van der Waals surface area contributed by atoms with Gasteiger partial charge in [-0.15, -0.1) is 0 Å². The van der Waals surface area contributed by atoms with Gasteiger partial charge in [-0.3, -0.25) is 0 Å².